The molecule has 0 spiro atoms. The molecule has 3 aromatic heterocycles. The van der Waals surface area contributed by atoms with Gasteiger partial charge in [-0.15, -0.1) is 16.7 Å². The predicted molar refractivity (Wildman–Crippen MR) is 84.6 cm³/mol. The fourth-order valence-corrected chi connectivity index (χ4v) is 2.61. The lowest BCUT2D eigenvalue weighted by Gasteiger charge is -2.01. The summed E-state index contributed by atoms with van der Waals surface area (Å²) in [6, 6.07) is 6.07. The summed E-state index contributed by atoms with van der Waals surface area (Å²) in [5.41, 5.74) is 7.65. The first-order valence-electron chi connectivity index (χ1n) is 6.87. The zero-order chi connectivity index (χ0) is 16.0. The van der Waals surface area contributed by atoms with E-state index in [9.17, 15) is 4.39 Å². The number of nitrogens with two attached hydrogens (primary N) is 1. The molecule has 4 aromatic rings. The molecule has 0 radical (unpaired) electrons. The van der Waals surface area contributed by atoms with Crippen LogP contribution >= 0.6 is 11.6 Å². The second-order valence-electron chi connectivity index (χ2n) is 4.95. The number of aryl methyl sites for hydroxylation is 1. The van der Waals surface area contributed by atoms with E-state index in [1.165, 1.54) is 16.6 Å². The van der Waals surface area contributed by atoms with Crippen LogP contribution in [0.3, 0.4) is 0 Å². The van der Waals surface area contributed by atoms with E-state index in [4.69, 9.17) is 17.3 Å². The summed E-state index contributed by atoms with van der Waals surface area (Å²) in [7, 11) is 0. The van der Waals surface area contributed by atoms with Crippen LogP contribution in [-0.2, 0) is 6.54 Å². The highest BCUT2D eigenvalue weighted by atomic mass is 35.5. The lowest BCUT2D eigenvalue weighted by Crippen LogP contribution is -2.06. The Morgan fingerprint density at radius 1 is 1.22 bits per heavy atom. The summed E-state index contributed by atoms with van der Waals surface area (Å²) in [4.78, 5) is 8.78. The molecule has 0 aliphatic carbocycles. The minimum atomic E-state index is -0.354. The molecular weight excluding hydrogens is 321 g/mol. The van der Waals surface area contributed by atoms with Crippen molar-refractivity contribution in [2.75, 3.05) is 11.6 Å². The summed E-state index contributed by atoms with van der Waals surface area (Å²) in [5, 5.41) is 9.27. The van der Waals surface area contributed by atoms with E-state index in [1.54, 1.807) is 23.0 Å². The molecule has 0 atom stereocenters. The fraction of sp³-hybridized carbons (Fsp3) is 0.143. The lowest BCUT2D eigenvalue weighted by atomic mass is 10.2. The van der Waals surface area contributed by atoms with E-state index >= 15 is 0 Å². The van der Waals surface area contributed by atoms with Gasteiger partial charge in [0.25, 0.3) is 0 Å². The van der Waals surface area contributed by atoms with E-state index in [-0.39, 0.29) is 11.8 Å². The Kier molecular flexibility index (Phi) is 3.12. The monoisotopic (exact) mass is 331 g/mol. The number of hydrogen-bond donors (Lipinski definition) is 1. The standard InChI is InChI=1S/C14H11ClFN7/c15-4-5-22-12-10(7-18-22)13-19-11(21-23(13)14(17)20-12)8-2-1-3-9(16)6-8/h1-3,6-7H,4-5H2,(H2,17,20). The zero-order valence-electron chi connectivity index (χ0n) is 11.8. The smallest absolute Gasteiger partial charge is 0.225 e. The van der Waals surface area contributed by atoms with Crippen LogP contribution in [0.5, 0.6) is 0 Å². The molecule has 0 saturated heterocycles. The Bertz CT molecular complexity index is 1020. The highest BCUT2D eigenvalue weighted by Gasteiger charge is 2.16. The number of hydrogen-bond acceptors (Lipinski definition) is 5. The first kappa shape index (κ1) is 13.9. The molecule has 0 fully saturated rings. The van der Waals surface area contributed by atoms with Crippen molar-refractivity contribution >= 4 is 34.2 Å². The van der Waals surface area contributed by atoms with Gasteiger partial charge in [0.1, 0.15) is 5.82 Å². The van der Waals surface area contributed by atoms with Crippen LogP contribution in [0.15, 0.2) is 30.5 Å². The molecule has 23 heavy (non-hydrogen) atoms. The number of nitrogen functional groups attached to an aromatic ring is 1. The fourth-order valence-electron chi connectivity index (χ4n) is 2.45. The molecule has 116 valence electrons. The molecular formula is C14H11ClFN7. The van der Waals surface area contributed by atoms with Crippen molar-refractivity contribution in [1.29, 1.82) is 0 Å². The van der Waals surface area contributed by atoms with E-state index in [0.717, 1.165) is 0 Å². The number of alkyl halides is 1. The molecule has 0 amide bonds. The average molecular weight is 332 g/mol. The maximum atomic E-state index is 13.4. The minimum Gasteiger partial charge on any atom is -0.368 e. The molecule has 1 aromatic carbocycles. The third kappa shape index (κ3) is 2.18. The van der Waals surface area contributed by atoms with Gasteiger partial charge in [-0.1, -0.05) is 12.1 Å². The van der Waals surface area contributed by atoms with Crippen molar-refractivity contribution in [3.8, 4) is 11.4 Å². The highest BCUT2D eigenvalue weighted by molar-refractivity contribution is 6.17. The number of fused-ring (bicyclic) bond motifs is 3. The second-order valence-corrected chi connectivity index (χ2v) is 5.32. The summed E-state index contributed by atoms with van der Waals surface area (Å²) >= 11 is 5.76. The summed E-state index contributed by atoms with van der Waals surface area (Å²) < 4.78 is 16.5. The van der Waals surface area contributed by atoms with Crippen molar-refractivity contribution < 1.29 is 4.39 Å². The highest BCUT2D eigenvalue weighted by Crippen LogP contribution is 2.23. The van der Waals surface area contributed by atoms with Gasteiger partial charge in [0, 0.05) is 11.4 Å². The van der Waals surface area contributed by atoms with E-state index < -0.39 is 0 Å². The van der Waals surface area contributed by atoms with Crippen molar-refractivity contribution in [1.82, 2.24) is 29.4 Å². The second kappa shape index (κ2) is 5.17. The predicted octanol–water partition coefficient (Wildman–Crippen LogP) is 2.10. The number of nitrogens with zero attached hydrogens (tertiary/aromatic N) is 6. The maximum Gasteiger partial charge on any atom is 0.225 e. The SMILES string of the molecule is Nc1nc2c(cnn2CCCl)c2nc(-c3cccc(F)c3)nn12. The first-order valence-corrected chi connectivity index (χ1v) is 7.40. The molecule has 0 unspecified atom stereocenters. The van der Waals surface area contributed by atoms with E-state index in [2.05, 4.69) is 20.2 Å². The molecule has 0 saturated carbocycles. The maximum absolute atomic E-state index is 13.4. The zero-order valence-corrected chi connectivity index (χ0v) is 12.6. The number of aromatic nitrogens is 6. The van der Waals surface area contributed by atoms with Crippen LogP contribution < -0.4 is 5.73 Å². The quantitative estimate of drug-likeness (QED) is 0.581. The average Bonchev–Trinajstić information content (AvgIpc) is 3.13. The largest absolute Gasteiger partial charge is 0.368 e. The van der Waals surface area contributed by atoms with Crippen LogP contribution in [0.25, 0.3) is 28.1 Å². The Balaban J connectivity index is 1.97. The van der Waals surface area contributed by atoms with E-state index in [1.807, 2.05) is 0 Å². The third-order valence-corrected chi connectivity index (χ3v) is 3.65. The van der Waals surface area contributed by atoms with Crippen LogP contribution in [-0.4, -0.2) is 35.2 Å². The van der Waals surface area contributed by atoms with Crippen LogP contribution in [0.2, 0.25) is 0 Å². The number of benzene rings is 1. The lowest BCUT2D eigenvalue weighted by molar-refractivity contribution is 0.628. The van der Waals surface area contributed by atoms with Gasteiger partial charge in [-0.05, 0) is 12.1 Å². The molecule has 7 nitrogen and oxygen atoms in total. The first-order chi connectivity index (χ1) is 11.2. The Hall–Kier alpha value is -2.74. The van der Waals surface area contributed by atoms with E-state index in [0.29, 0.717) is 40.5 Å². The Labute approximate surface area is 134 Å². The van der Waals surface area contributed by atoms with Crippen molar-refractivity contribution in [3.05, 3.63) is 36.3 Å². The molecule has 0 aliphatic heterocycles. The van der Waals surface area contributed by atoms with Gasteiger partial charge in [0.15, 0.2) is 17.1 Å². The van der Waals surface area contributed by atoms with Gasteiger partial charge in [0.2, 0.25) is 5.95 Å². The van der Waals surface area contributed by atoms with Gasteiger partial charge >= 0.3 is 0 Å². The third-order valence-electron chi connectivity index (χ3n) is 3.48. The van der Waals surface area contributed by atoms with Crippen molar-refractivity contribution in [3.63, 3.8) is 0 Å². The normalized spacial score (nSPS) is 11.6. The van der Waals surface area contributed by atoms with Gasteiger partial charge in [-0.2, -0.15) is 14.6 Å². The topological polar surface area (TPSA) is 86.9 Å². The molecule has 0 aliphatic rings. The van der Waals surface area contributed by atoms with Crippen LogP contribution in [0.4, 0.5) is 10.3 Å². The van der Waals surface area contributed by atoms with Crippen LogP contribution in [0.1, 0.15) is 0 Å². The number of halogens is 2. The van der Waals surface area contributed by atoms with Gasteiger partial charge < -0.3 is 5.73 Å². The molecule has 4 rings (SSSR count). The molecule has 9 heteroatoms. The van der Waals surface area contributed by atoms with Gasteiger partial charge in [-0.3, -0.25) is 0 Å². The van der Waals surface area contributed by atoms with Crippen molar-refractivity contribution in [2.24, 2.45) is 0 Å². The minimum absolute atomic E-state index is 0.180. The Morgan fingerprint density at radius 2 is 2.09 bits per heavy atom. The molecule has 3 heterocycles. The molecule has 2 N–H and O–H groups in total. The summed E-state index contributed by atoms with van der Waals surface area (Å²) in [6.07, 6.45) is 1.65. The Morgan fingerprint density at radius 3 is 2.87 bits per heavy atom. The van der Waals surface area contributed by atoms with Crippen LogP contribution in [0, 0.1) is 5.82 Å². The van der Waals surface area contributed by atoms with Gasteiger partial charge in [-0.25, -0.2) is 14.1 Å². The number of rotatable bonds is 3. The molecule has 0 bridgehead atoms. The van der Waals surface area contributed by atoms with Crippen molar-refractivity contribution in [2.45, 2.75) is 6.54 Å². The summed E-state index contributed by atoms with van der Waals surface area (Å²) in [5.74, 6) is 0.604. The van der Waals surface area contributed by atoms with Gasteiger partial charge in [0.05, 0.1) is 18.1 Å². The number of anilines is 1. The summed E-state index contributed by atoms with van der Waals surface area (Å²) in [6.45, 7) is 0.512.